The predicted molar refractivity (Wildman–Crippen MR) is 149 cm³/mol. The molecule has 0 aliphatic heterocycles. The topological polar surface area (TPSA) is 49.4 Å². The van der Waals surface area contributed by atoms with Gasteiger partial charge in [0.05, 0.1) is 16.5 Å². The van der Waals surface area contributed by atoms with Gasteiger partial charge in [-0.2, -0.15) is 0 Å². The molecular formula is C29H29BrCl2N2O2. The minimum absolute atomic E-state index is 0.108. The lowest BCUT2D eigenvalue weighted by molar-refractivity contribution is -0.141. The minimum Gasteiger partial charge on any atom is -0.352 e. The summed E-state index contributed by atoms with van der Waals surface area (Å²) in [5, 5.41) is 4.08. The molecule has 1 unspecified atom stereocenters. The van der Waals surface area contributed by atoms with E-state index in [1.54, 1.807) is 23.1 Å². The normalized spacial score (nSPS) is 14.4. The molecule has 1 aliphatic rings. The van der Waals surface area contributed by atoms with Gasteiger partial charge in [-0.3, -0.25) is 9.59 Å². The molecule has 0 bridgehead atoms. The molecule has 0 heterocycles. The second-order valence-corrected chi connectivity index (χ2v) is 11.0. The van der Waals surface area contributed by atoms with Crippen molar-refractivity contribution in [2.45, 2.75) is 57.2 Å². The Morgan fingerprint density at radius 2 is 1.61 bits per heavy atom. The van der Waals surface area contributed by atoms with Gasteiger partial charge >= 0.3 is 0 Å². The lowest BCUT2D eigenvalue weighted by Crippen LogP contribution is -2.52. The van der Waals surface area contributed by atoms with Crippen LogP contribution in [0, 0.1) is 0 Å². The van der Waals surface area contributed by atoms with E-state index in [2.05, 4.69) is 21.2 Å². The summed E-state index contributed by atoms with van der Waals surface area (Å²) in [5.74, 6) is -0.251. The summed E-state index contributed by atoms with van der Waals surface area (Å²) in [6.45, 7) is 0.315. The largest absolute Gasteiger partial charge is 0.352 e. The van der Waals surface area contributed by atoms with E-state index in [1.807, 2.05) is 54.6 Å². The van der Waals surface area contributed by atoms with Gasteiger partial charge in [-0.1, -0.05) is 101 Å². The summed E-state index contributed by atoms with van der Waals surface area (Å²) < 4.78 is 0.923. The Morgan fingerprint density at radius 1 is 0.889 bits per heavy atom. The maximum absolute atomic E-state index is 13.8. The molecule has 3 aromatic rings. The highest BCUT2D eigenvalue weighted by Gasteiger charge is 2.32. The fourth-order valence-electron chi connectivity index (χ4n) is 4.68. The highest BCUT2D eigenvalue weighted by atomic mass is 79.9. The van der Waals surface area contributed by atoms with E-state index >= 15 is 0 Å². The molecule has 1 saturated carbocycles. The van der Waals surface area contributed by atoms with Crippen LogP contribution in [0.3, 0.4) is 0 Å². The monoisotopic (exact) mass is 586 g/mol. The molecule has 0 saturated heterocycles. The van der Waals surface area contributed by atoms with Gasteiger partial charge in [0, 0.05) is 23.5 Å². The minimum atomic E-state index is -0.651. The standard InChI is InChI=1S/C29H29BrCl2N2O2/c30-23-10-6-9-22(15-23)19-34(28(35)18-21-13-14-25(31)26(32)16-21)27(17-20-7-2-1-3-8-20)29(36)33-24-11-4-5-12-24/h1-3,6-10,13-16,24,27H,4-5,11-12,17-19H2,(H,33,36). The number of nitrogens with one attached hydrogen (secondary N) is 1. The van der Waals surface area contributed by atoms with Crippen molar-refractivity contribution >= 4 is 50.9 Å². The third kappa shape index (κ3) is 7.34. The SMILES string of the molecule is O=C(NC1CCCC1)C(Cc1ccccc1)N(Cc1cccc(Br)c1)C(=O)Cc1ccc(Cl)c(Cl)c1. The first-order chi connectivity index (χ1) is 17.4. The summed E-state index contributed by atoms with van der Waals surface area (Å²) in [4.78, 5) is 29.2. The van der Waals surface area contributed by atoms with Gasteiger partial charge in [0.15, 0.2) is 0 Å². The van der Waals surface area contributed by atoms with Gasteiger partial charge in [0.1, 0.15) is 6.04 Å². The van der Waals surface area contributed by atoms with Crippen molar-refractivity contribution in [1.29, 1.82) is 0 Å². The predicted octanol–water partition coefficient (Wildman–Crippen LogP) is 7.00. The fraction of sp³-hybridized carbons (Fsp3) is 0.310. The molecule has 188 valence electrons. The molecule has 0 spiro atoms. The third-order valence-corrected chi connectivity index (χ3v) is 7.79. The highest BCUT2D eigenvalue weighted by Crippen LogP contribution is 2.25. The van der Waals surface area contributed by atoms with Crippen molar-refractivity contribution in [2.75, 3.05) is 0 Å². The Kier molecular flexibility index (Phi) is 9.47. The van der Waals surface area contributed by atoms with Crippen LogP contribution in [-0.4, -0.2) is 28.8 Å². The van der Waals surface area contributed by atoms with E-state index < -0.39 is 6.04 Å². The van der Waals surface area contributed by atoms with Gasteiger partial charge in [0.25, 0.3) is 0 Å². The number of halogens is 3. The number of carbonyl (C=O) groups is 2. The summed E-state index contributed by atoms with van der Waals surface area (Å²) in [5.41, 5.74) is 2.70. The molecule has 7 heteroatoms. The molecule has 2 amide bonds. The van der Waals surface area contributed by atoms with Gasteiger partial charge < -0.3 is 10.2 Å². The third-order valence-electron chi connectivity index (χ3n) is 6.55. The van der Waals surface area contributed by atoms with Gasteiger partial charge in [0.2, 0.25) is 11.8 Å². The maximum Gasteiger partial charge on any atom is 0.243 e. The second kappa shape index (κ2) is 12.8. The Morgan fingerprint density at radius 3 is 2.31 bits per heavy atom. The number of benzene rings is 3. The zero-order valence-electron chi connectivity index (χ0n) is 19.9. The molecule has 1 fully saturated rings. The van der Waals surface area contributed by atoms with E-state index in [0.717, 1.165) is 46.8 Å². The van der Waals surface area contributed by atoms with Crippen LogP contribution >= 0.6 is 39.1 Å². The average molecular weight is 588 g/mol. The number of amides is 2. The maximum atomic E-state index is 13.8. The lowest BCUT2D eigenvalue weighted by Gasteiger charge is -2.32. The molecule has 3 aromatic carbocycles. The van der Waals surface area contributed by atoms with Crippen molar-refractivity contribution in [1.82, 2.24) is 10.2 Å². The first-order valence-corrected chi connectivity index (χ1v) is 13.8. The number of hydrogen-bond acceptors (Lipinski definition) is 2. The van der Waals surface area contributed by atoms with Crippen molar-refractivity contribution in [3.8, 4) is 0 Å². The van der Waals surface area contributed by atoms with Crippen LogP contribution in [0.1, 0.15) is 42.4 Å². The van der Waals surface area contributed by atoms with E-state index in [1.165, 1.54) is 0 Å². The Labute approximate surface area is 231 Å². The van der Waals surface area contributed by atoms with Crippen molar-refractivity contribution in [3.63, 3.8) is 0 Å². The second-order valence-electron chi connectivity index (χ2n) is 9.27. The van der Waals surface area contributed by atoms with Crippen LogP contribution in [0.25, 0.3) is 0 Å². The van der Waals surface area contributed by atoms with Gasteiger partial charge in [-0.15, -0.1) is 0 Å². The average Bonchev–Trinajstić information content (AvgIpc) is 3.37. The molecule has 1 aliphatic carbocycles. The number of nitrogens with zero attached hydrogens (tertiary/aromatic N) is 1. The first-order valence-electron chi connectivity index (χ1n) is 12.2. The molecule has 36 heavy (non-hydrogen) atoms. The Balaban J connectivity index is 1.66. The Hall–Kier alpha value is -2.34. The molecule has 4 nitrogen and oxygen atoms in total. The van der Waals surface area contributed by atoms with Crippen molar-refractivity contribution in [3.05, 3.63) is 104 Å². The Bertz CT molecular complexity index is 1200. The van der Waals surface area contributed by atoms with Crippen molar-refractivity contribution in [2.24, 2.45) is 0 Å². The summed E-state index contributed by atoms with van der Waals surface area (Å²) in [7, 11) is 0. The van der Waals surface area contributed by atoms with Crippen molar-refractivity contribution < 1.29 is 9.59 Å². The van der Waals surface area contributed by atoms with Crippen LogP contribution < -0.4 is 5.32 Å². The molecule has 1 N–H and O–H groups in total. The van der Waals surface area contributed by atoms with E-state index in [4.69, 9.17) is 23.2 Å². The quantitative estimate of drug-likeness (QED) is 0.293. The van der Waals surface area contributed by atoms with Crippen LogP contribution in [0.5, 0.6) is 0 Å². The summed E-state index contributed by atoms with van der Waals surface area (Å²) in [6.07, 6.45) is 4.74. The lowest BCUT2D eigenvalue weighted by atomic mass is 10.0. The molecular weight excluding hydrogens is 559 g/mol. The highest BCUT2D eigenvalue weighted by molar-refractivity contribution is 9.10. The molecule has 0 radical (unpaired) electrons. The molecule has 0 aromatic heterocycles. The summed E-state index contributed by atoms with van der Waals surface area (Å²) in [6, 6.07) is 22.4. The van der Waals surface area contributed by atoms with E-state index in [9.17, 15) is 9.59 Å². The fourth-order valence-corrected chi connectivity index (χ4v) is 5.45. The van der Waals surface area contributed by atoms with Crippen LogP contribution in [-0.2, 0) is 29.0 Å². The number of hydrogen-bond donors (Lipinski definition) is 1. The smallest absolute Gasteiger partial charge is 0.243 e. The molecule has 1 atom stereocenters. The van der Waals surface area contributed by atoms with Crippen LogP contribution in [0.4, 0.5) is 0 Å². The zero-order valence-corrected chi connectivity index (χ0v) is 23.0. The number of carbonyl (C=O) groups excluding carboxylic acids is 2. The summed E-state index contributed by atoms with van der Waals surface area (Å²) >= 11 is 15.8. The van der Waals surface area contributed by atoms with E-state index in [-0.39, 0.29) is 24.3 Å². The van der Waals surface area contributed by atoms with Gasteiger partial charge in [-0.05, 0) is 53.8 Å². The van der Waals surface area contributed by atoms with Crippen LogP contribution in [0.2, 0.25) is 10.0 Å². The first kappa shape index (κ1) is 26.7. The molecule has 4 rings (SSSR count). The number of rotatable bonds is 9. The zero-order chi connectivity index (χ0) is 25.5. The van der Waals surface area contributed by atoms with E-state index in [0.29, 0.717) is 23.0 Å². The van der Waals surface area contributed by atoms with Crippen LogP contribution in [0.15, 0.2) is 77.3 Å². The van der Waals surface area contributed by atoms with Gasteiger partial charge in [-0.25, -0.2) is 0 Å².